The zero-order chi connectivity index (χ0) is 16.7. The van der Waals surface area contributed by atoms with Gasteiger partial charge in [0, 0.05) is 18.7 Å². The van der Waals surface area contributed by atoms with Crippen LogP contribution in [0.4, 0.5) is 0 Å². The Morgan fingerprint density at radius 2 is 1.78 bits per heavy atom. The van der Waals surface area contributed by atoms with Gasteiger partial charge in [-0.2, -0.15) is 0 Å². The highest BCUT2D eigenvalue weighted by Crippen LogP contribution is 2.13. The molecule has 0 aromatic heterocycles. The number of aliphatic hydroxyl groups excluding tert-OH is 1. The molecule has 1 atom stereocenters. The van der Waals surface area contributed by atoms with Crippen LogP contribution >= 0.6 is 0 Å². The number of hydrogen-bond acceptors (Lipinski definition) is 4. The van der Waals surface area contributed by atoms with E-state index in [4.69, 9.17) is 4.74 Å². The Morgan fingerprint density at radius 1 is 1.13 bits per heavy atom. The van der Waals surface area contributed by atoms with Crippen molar-refractivity contribution in [2.45, 2.75) is 19.6 Å². The third kappa shape index (κ3) is 5.85. The highest BCUT2D eigenvalue weighted by molar-refractivity contribution is 5.94. The van der Waals surface area contributed by atoms with Crippen molar-refractivity contribution in [2.75, 3.05) is 20.2 Å². The summed E-state index contributed by atoms with van der Waals surface area (Å²) in [7, 11) is 1.97. The van der Waals surface area contributed by atoms with Gasteiger partial charge in [-0.25, -0.2) is 0 Å². The number of aliphatic hydroxyl groups is 1. The van der Waals surface area contributed by atoms with E-state index in [0.29, 0.717) is 17.9 Å². The van der Waals surface area contributed by atoms with Crippen molar-refractivity contribution >= 4 is 5.78 Å². The number of rotatable bonds is 8. The second-order valence-corrected chi connectivity index (χ2v) is 5.73. The fourth-order valence-corrected chi connectivity index (χ4v) is 2.35. The number of nitrogens with zero attached hydrogens (tertiary/aromatic N) is 1. The fraction of sp³-hybridized carbons (Fsp3) is 0.316. The summed E-state index contributed by atoms with van der Waals surface area (Å²) in [5.41, 5.74) is 1.86. The number of ketones is 1. The Morgan fingerprint density at radius 3 is 2.39 bits per heavy atom. The van der Waals surface area contributed by atoms with Crippen LogP contribution < -0.4 is 4.74 Å². The number of hydrogen-bond donors (Lipinski definition) is 1. The third-order valence-electron chi connectivity index (χ3n) is 3.52. The molecule has 0 heterocycles. The number of carbonyl (C=O) groups excluding carboxylic acids is 1. The van der Waals surface area contributed by atoms with E-state index < -0.39 is 6.10 Å². The number of ether oxygens (including phenoxy) is 1. The maximum absolute atomic E-state index is 11.2. The Hall–Kier alpha value is -2.17. The van der Waals surface area contributed by atoms with Crippen LogP contribution in [-0.4, -0.2) is 42.1 Å². The van der Waals surface area contributed by atoms with Crippen LogP contribution in [0.5, 0.6) is 5.75 Å². The molecule has 2 aromatic rings. The van der Waals surface area contributed by atoms with Gasteiger partial charge < -0.3 is 9.84 Å². The topological polar surface area (TPSA) is 49.8 Å². The predicted molar refractivity (Wildman–Crippen MR) is 90.7 cm³/mol. The van der Waals surface area contributed by atoms with Gasteiger partial charge in [-0.3, -0.25) is 9.69 Å². The number of benzene rings is 2. The Kier molecular flexibility index (Phi) is 6.32. The molecule has 0 saturated carbocycles. The molecule has 0 bridgehead atoms. The van der Waals surface area contributed by atoms with Crippen molar-refractivity contribution in [1.29, 1.82) is 0 Å². The molecule has 0 radical (unpaired) electrons. The van der Waals surface area contributed by atoms with Gasteiger partial charge in [-0.15, -0.1) is 0 Å². The predicted octanol–water partition coefficient (Wildman–Crippen LogP) is 2.76. The Labute approximate surface area is 137 Å². The van der Waals surface area contributed by atoms with Crippen LogP contribution in [0.15, 0.2) is 54.6 Å². The van der Waals surface area contributed by atoms with Crippen molar-refractivity contribution in [3.05, 3.63) is 65.7 Å². The number of Topliss-reactive ketones (excluding diaryl/α,β-unsaturated/α-hetero) is 1. The fourth-order valence-electron chi connectivity index (χ4n) is 2.35. The van der Waals surface area contributed by atoms with Gasteiger partial charge in [0.1, 0.15) is 18.5 Å². The molecule has 2 rings (SSSR count). The lowest BCUT2D eigenvalue weighted by Crippen LogP contribution is -2.32. The van der Waals surface area contributed by atoms with Crippen LogP contribution in [0.25, 0.3) is 0 Å². The molecule has 0 aliphatic carbocycles. The maximum atomic E-state index is 11.2. The molecule has 122 valence electrons. The summed E-state index contributed by atoms with van der Waals surface area (Å²) in [4.78, 5) is 13.3. The first kappa shape index (κ1) is 17.2. The minimum atomic E-state index is -0.573. The van der Waals surface area contributed by atoms with Crippen LogP contribution in [0, 0.1) is 0 Å². The first-order chi connectivity index (χ1) is 11.0. The minimum absolute atomic E-state index is 0.0270. The zero-order valence-corrected chi connectivity index (χ0v) is 13.6. The van der Waals surface area contributed by atoms with E-state index in [1.807, 2.05) is 25.2 Å². The third-order valence-corrected chi connectivity index (χ3v) is 3.52. The standard InChI is InChI=1S/C19H23NO3/c1-15(21)17-8-10-19(11-9-17)23-14-18(22)13-20(2)12-16-6-4-3-5-7-16/h3-11,18,22H,12-14H2,1-2H3. The summed E-state index contributed by atoms with van der Waals surface area (Å²) >= 11 is 0. The van der Waals surface area contributed by atoms with Crippen LogP contribution in [0.2, 0.25) is 0 Å². The summed E-state index contributed by atoms with van der Waals surface area (Å²) in [6, 6.07) is 17.1. The molecular weight excluding hydrogens is 290 g/mol. The van der Waals surface area contributed by atoms with Gasteiger partial charge in [0.05, 0.1) is 0 Å². The minimum Gasteiger partial charge on any atom is -0.491 e. The van der Waals surface area contributed by atoms with E-state index >= 15 is 0 Å². The highest BCUT2D eigenvalue weighted by atomic mass is 16.5. The van der Waals surface area contributed by atoms with Crippen LogP contribution in [-0.2, 0) is 6.54 Å². The second kappa shape index (κ2) is 8.46. The normalized spacial score (nSPS) is 12.2. The van der Waals surface area contributed by atoms with E-state index in [-0.39, 0.29) is 12.4 Å². The second-order valence-electron chi connectivity index (χ2n) is 5.73. The highest BCUT2D eigenvalue weighted by Gasteiger charge is 2.10. The van der Waals surface area contributed by atoms with Crippen molar-refractivity contribution in [3.8, 4) is 5.75 Å². The van der Waals surface area contributed by atoms with E-state index in [0.717, 1.165) is 6.54 Å². The summed E-state index contributed by atoms with van der Waals surface area (Å²) in [5, 5.41) is 10.1. The number of carbonyl (C=O) groups is 1. The SMILES string of the molecule is CC(=O)c1ccc(OCC(O)CN(C)Cc2ccccc2)cc1. The lowest BCUT2D eigenvalue weighted by atomic mass is 10.1. The molecule has 4 heteroatoms. The maximum Gasteiger partial charge on any atom is 0.159 e. The van der Waals surface area contributed by atoms with Crippen molar-refractivity contribution in [1.82, 2.24) is 4.90 Å². The largest absolute Gasteiger partial charge is 0.491 e. The molecule has 1 N–H and O–H groups in total. The smallest absolute Gasteiger partial charge is 0.159 e. The average molecular weight is 313 g/mol. The molecule has 2 aromatic carbocycles. The van der Waals surface area contributed by atoms with Crippen LogP contribution in [0.1, 0.15) is 22.8 Å². The molecule has 1 unspecified atom stereocenters. The summed E-state index contributed by atoms with van der Waals surface area (Å²) in [5.74, 6) is 0.680. The lowest BCUT2D eigenvalue weighted by Gasteiger charge is -2.21. The van der Waals surface area contributed by atoms with Crippen molar-refractivity contribution < 1.29 is 14.6 Å². The van der Waals surface area contributed by atoms with Crippen LogP contribution in [0.3, 0.4) is 0 Å². The Balaban J connectivity index is 1.76. The van der Waals surface area contributed by atoms with E-state index in [2.05, 4.69) is 17.0 Å². The van der Waals surface area contributed by atoms with Crippen molar-refractivity contribution in [3.63, 3.8) is 0 Å². The van der Waals surface area contributed by atoms with Gasteiger partial charge in [0.25, 0.3) is 0 Å². The molecule has 23 heavy (non-hydrogen) atoms. The summed E-state index contributed by atoms with van der Waals surface area (Å²) in [6.07, 6.45) is -0.573. The van der Waals surface area contributed by atoms with Gasteiger partial charge in [-0.1, -0.05) is 30.3 Å². The molecule has 0 amide bonds. The van der Waals surface area contributed by atoms with E-state index in [1.165, 1.54) is 12.5 Å². The molecule has 0 spiro atoms. The summed E-state index contributed by atoms with van der Waals surface area (Å²) in [6.45, 7) is 3.06. The van der Waals surface area contributed by atoms with Crippen molar-refractivity contribution in [2.24, 2.45) is 0 Å². The monoisotopic (exact) mass is 313 g/mol. The van der Waals surface area contributed by atoms with Gasteiger partial charge in [0.15, 0.2) is 5.78 Å². The molecule has 0 aliphatic heterocycles. The molecule has 0 aliphatic rings. The Bertz CT molecular complexity index is 610. The molecular formula is C19H23NO3. The average Bonchev–Trinajstić information content (AvgIpc) is 2.54. The van der Waals surface area contributed by atoms with Gasteiger partial charge >= 0.3 is 0 Å². The van der Waals surface area contributed by atoms with E-state index in [9.17, 15) is 9.90 Å². The van der Waals surface area contributed by atoms with Gasteiger partial charge in [-0.05, 0) is 43.8 Å². The molecule has 0 saturated heterocycles. The lowest BCUT2D eigenvalue weighted by molar-refractivity contribution is 0.0743. The molecule has 0 fully saturated rings. The van der Waals surface area contributed by atoms with E-state index in [1.54, 1.807) is 24.3 Å². The quantitative estimate of drug-likeness (QED) is 0.761. The first-order valence-corrected chi connectivity index (χ1v) is 7.69. The first-order valence-electron chi connectivity index (χ1n) is 7.69. The molecule has 4 nitrogen and oxygen atoms in total. The zero-order valence-electron chi connectivity index (χ0n) is 13.6. The number of likely N-dealkylation sites (N-methyl/N-ethyl adjacent to an activating group) is 1. The summed E-state index contributed by atoms with van der Waals surface area (Å²) < 4.78 is 5.57. The van der Waals surface area contributed by atoms with Gasteiger partial charge in [0.2, 0.25) is 0 Å².